The minimum atomic E-state index is -0.904. The van der Waals surface area contributed by atoms with Crippen LogP contribution in [0, 0.1) is 11.6 Å². The monoisotopic (exact) mass is 408 g/mol. The third-order valence-electron chi connectivity index (χ3n) is 4.88. The highest BCUT2D eigenvalue weighted by molar-refractivity contribution is 5.89. The molecule has 0 saturated carbocycles. The van der Waals surface area contributed by atoms with Gasteiger partial charge in [0.2, 0.25) is 0 Å². The Morgan fingerprint density at radius 2 is 1.77 bits per heavy atom. The van der Waals surface area contributed by atoms with Gasteiger partial charge in [-0.1, -0.05) is 38.1 Å². The van der Waals surface area contributed by atoms with Gasteiger partial charge in [-0.2, -0.15) is 4.98 Å². The molecule has 8 heteroatoms. The molecule has 6 nitrogen and oxygen atoms in total. The van der Waals surface area contributed by atoms with Crippen LogP contribution in [0.4, 0.5) is 14.6 Å². The Morgan fingerprint density at radius 3 is 2.47 bits per heavy atom. The average Bonchev–Trinajstić information content (AvgIpc) is 2.69. The maximum absolute atomic E-state index is 14.9. The second-order valence-corrected chi connectivity index (χ2v) is 7.15. The molecule has 152 valence electrons. The summed E-state index contributed by atoms with van der Waals surface area (Å²) in [6, 6.07) is 11.8. The van der Waals surface area contributed by atoms with E-state index in [2.05, 4.69) is 9.97 Å². The van der Waals surface area contributed by atoms with Crippen LogP contribution < -0.4 is 11.4 Å². The zero-order valence-corrected chi connectivity index (χ0v) is 16.2. The number of aromatic nitrogens is 3. The predicted molar refractivity (Wildman–Crippen MR) is 111 cm³/mol. The van der Waals surface area contributed by atoms with Gasteiger partial charge in [0.05, 0.1) is 16.6 Å². The van der Waals surface area contributed by atoms with E-state index in [1.54, 1.807) is 12.1 Å². The summed E-state index contributed by atoms with van der Waals surface area (Å²) in [6.07, 6.45) is 0. The van der Waals surface area contributed by atoms with E-state index in [1.807, 2.05) is 26.0 Å². The second-order valence-electron chi connectivity index (χ2n) is 7.15. The molecule has 0 aliphatic rings. The highest BCUT2D eigenvalue weighted by atomic mass is 19.1. The van der Waals surface area contributed by atoms with Crippen molar-refractivity contribution in [1.29, 1.82) is 0 Å². The highest BCUT2D eigenvalue weighted by Gasteiger charge is 2.22. The van der Waals surface area contributed by atoms with Gasteiger partial charge in [-0.3, -0.25) is 0 Å². The molecule has 4 rings (SSSR count). The molecule has 0 radical (unpaired) electrons. The van der Waals surface area contributed by atoms with Gasteiger partial charge in [0.1, 0.15) is 23.1 Å². The first-order valence-electron chi connectivity index (χ1n) is 9.25. The van der Waals surface area contributed by atoms with Gasteiger partial charge in [0.25, 0.3) is 0 Å². The number of nitrogen functional groups attached to an aromatic ring is 1. The summed E-state index contributed by atoms with van der Waals surface area (Å²) in [5, 5.41) is 10.2. The summed E-state index contributed by atoms with van der Waals surface area (Å²) < 4.78 is 30.5. The van der Waals surface area contributed by atoms with Gasteiger partial charge in [0.15, 0.2) is 11.5 Å². The first-order chi connectivity index (χ1) is 14.3. The number of anilines is 1. The van der Waals surface area contributed by atoms with Crippen LogP contribution in [0.2, 0.25) is 0 Å². The van der Waals surface area contributed by atoms with E-state index in [0.717, 1.165) is 17.7 Å². The molecule has 0 aliphatic carbocycles. The molecule has 0 aliphatic heterocycles. The number of nitrogens with zero attached hydrogens (tertiary/aromatic N) is 3. The topological polar surface area (TPSA) is 94.0 Å². The van der Waals surface area contributed by atoms with Gasteiger partial charge < -0.3 is 10.8 Å². The fourth-order valence-corrected chi connectivity index (χ4v) is 3.46. The van der Waals surface area contributed by atoms with Crippen molar-refractivity contribution in [3.63, 3.8) is 0 Å². The fraction of sp³-hybridized carbons (Fsp3) is 0.136. The van der Waals surface area contributed by atoms with E-state index in [0.29, 0.717) is 5.69 Å². The Kier molecular flexibility index (Phi) is 4.69. The van der Waals surface area contributed by atoms with Crippen LogP contribution in [0.1, 0.15) is 25.3 Å². The number of pyridine rings is 1. The number of benzene rings is 2. The van der Waals surface area contributed by atoms with Crippen molar-refractivity contribution in [3.05, 3.63) is 76.2 Å². The predicted octanol–water partition coefficient (Wildman–Crippen LogP) is 4.14. The minimum absolute atomic E-state index is 0.0136. The first-order valence-corrected chi connectivity index (χ1v) is 9.25. The number of aromatic hydroxyl groups is 1. The van der Waals surface area contributed by atoms with Gasteiger partial charge in [-0.15, -0.1) is 0 Å². The van der Waals surface area contributed by atoms with Crippen LogP contribution in [-0.2, 0) is 0 Å². The second kappa shape index (κ2) is 7.22. The summed E-state index contributed by atoms with van der Waals surface area (Å²) >= 11 is 0. The van der Waals surface area contributed by atoms with Crippen molar-refractivity contribution in [2.75, 3.05) is 5.73 Å². The maximum atomic E-state index is 14.9. The average molecular weight is 408 g/mol. The molecule has 0 amide bonds. The summed E-state index contributed by atoms with van der Waals surface area (Å²) in [5.41, 5.74) is 5.70. The van der Waals surface area contributed by atoms with Crippen LogP contribution in [0.3, 0.4) is 0 Å². The van der Waals surface area contributed by atoms with E-state index in [1.165, 1.54) is 16.7 Å². The number of hydrogen-bond donors (Lipinski definition) is 2. The Bertz CT molecular complexity index is 1330. The lowest BCUT2D eigenvalue weighted by Crippen LogP contribution is -2.25. The number of rotatable bonds is 3. The van der Waals surface area contributed by atoms with Gasteiger partial charge >= 0.3 is 5.69 Å². The van der Waals surface area contributed by atoms with Crippen molar-refractivity contribution in [3.8, 4) is 22.7 Å². The molecular formula is C22H18F2N4O2. The third kappa shape index (κ3) is 3.06. The minimum Gasteiger partial charge on any atom is -0.507 e. The number of fused-ring (bicyclic) bond motifs is 1. The number of halogens is 2. The van der Waals surface area contributed by atoms with Crippen molar-refractivity contribution in [2.24, 2.45) is 0 Å². The van der Waals surface area contributed by atoms with E-state index >= 15 is 0 Å². The summed E-state index contributed by atoms with van der Waals surface area (Å²) in [6.45, 7) is 3.93. The van der Waals surface area contributed by atoms with Crippen molar-refractivity contribution in [1.82, 2.24) is 14.5 Å². The molecule has 0 bridgehead atoms. The number of phenolic OH excluding ortho intramolecular Hbond substituents is 1. The number of hydrogen-bond acceptors (Lipinski definition) is 5. The van der Waals surface area contributed by atoms with Crippen LogP contribution >= 0.6 is 0 Å². The summed E-state index contributed by atoms with van der Waals surface area (Å²) in [4.78, 5) is 20.9. The molecule has 0 atom stereocenters. The zero-order chi connectivity index (χ0) is 21.6. The van der Waals surface area contributed by atoms with Gasteiger partial charge in [-0.05, 0) is 35.7 Å². The molecule has 0 fully saturated rings. The smallest absolute Gasteiger partial charge is 0.355 e. The van der Waals surface area contributed by atoms with E-state index in [-0.39, 0.29) is 22.8 Å². The lowest BCUT2D eigenvalue weighted by Gasteiger charge is -2.17. The molecule has 0 spiro atoms. The lowest BCUT2D eigenvalue weighted by molar-refractivity contribution is 0.470. The number of nitrogens with two attached hydrogens (primary N) is 1. The van der Waals surface area contributed by atoms with Crippen molar-refractivity contribution >= 4 is 16.9 Å². The van der Waals surface area contributed by atoms with Crippen LogP contribution in [0.5, 0.6) is 5.75 Å². The molecule has 0 saturated heterocycles. The van der Waals surface area contributed by atoms with Crippen molar-refractivity contribution < 1.29 is 13.9 Å². The Labute approximate surface area is 170 Å². The normalized spacial score (nSPS) is 11.4. The molecule has 0 unspecified atom stereocenters. The molecule has 2 aromatic heterocycles. The standard InChI is InChI=1S/C22H18F2N4O2/c1-11(2)12-6-3-4-8-16(12)28-21-13(20(25)27-22(28)30)10-15(24)19(26-21)18-14(23)7-5-9-17(18)29/h3-11,29H,1-2H3,(H2,25,27,30). The number of para-hydroxylation sites is 1. The van der Waals surface area contributed by atoms with Crippen LogP contribution in [-0.4, -0.2) is 19.6 Å². The molecule has 4 aromatic rings. The summed E-state index contributed by atoms with van der Waals surface area (Å²) in [5.74, 6) is -2.35. The molecule has 3 N–H and O–H groups in total. The summed E-state index contributed by atoms with van der Waals surface area (Å²) in [7, 11) is 0. The quantitative estimate of drug-likeness (QED) is 0.531. The van der Waals surface area contributed by atoms with E-state index < -0.39 is 34.3 Å². The van der Waals surface area contributed by atoms with E-state index in [4.69, 9.17) is 5.73 Å². The Morgan fingerprint density at radius 1 is 1.03 bits per heavy atom. The highest BCUT2D eigenvalue weighted by Crippen LogP contribution is 2.34. The zero-order valence-electron chi connectivity index (χ0n) is 16.2. The first kappa shape index (κ1) is 19.5. The fourth-order valence-electron chi connectivity index (χ4n) is 3.46. The molecule has 2 heterocycles. The van der Waals surface area contributed by atoms with Gasteiger partial charge in [0, 0.05) is 0 Å². The van der Waals surface area contributed by atoms with Crippen LogP contribution in [0.15, 0.2) is 53.3 Å². The largest absolute Gasteiger partial charge is 0.507 e. The van der Waals surface area contributed by atoms with Crippen LogP contribution in [0.25, 0.3) is 28.0 Å². The molecular weight excluding hydrogens is 390 g/mol. The lowest BCUT2D eigenvalue weighted by atomic mass is 10.0. The Balaban J connectivity index is 2.15. The molecule has 2 aromatic carbocycles. The Hall–Kier alpha value is -3.81. The van der Waals surface area contributed by atoms with Crippen molar-refractivity contribution in [2.45, 2.75) is 19.8 Å². The molecule has 30 heavy (non-hydrogen) atoms. The van der Waals surface area contributed by atoms with E-state index in [9.17, 15) is 18.7 Å². The SMILES string of the molecule is CC(C)c1ccccc1-n1c(=O)nc(N)c2cc(F)c(-c3c(O)cccc3F)nc21. The van der Waals surface area contributed by atoms with Gasteiger partial charge in [-0.25, -0.2) is 23.1 Å². The maximum Gasteiger partial charge on any atom is 0.355 e. The number of phenols is 1. The third-order valence-corrected chi connectivity index (χ3v) is 4.88.